The van der Waals surface area contributed by atoms with Crippen molar-refractivity contribution < 1.29 is 9.13 Å². The van der Waals surface area contributed by atoms with Crippen molar-refractivity contribution in [3.8, 4) is 23.1 Å². The molecule has 0 radical (unpaired) electrons. The predicted octanol–water partition coefficient (Wildman–Crippen LogP) is 6.02. The van der Waals surface area contributed by atoms with Crippen molar-refractivity contribution >= 4 is 10.8 Å². The molecule has 3 aromatic carbocycles. The summed E-state index contributed by atoms with van der Waals surface area (Å²) < 4.78 is 18.4. The zero-order chi connectivity index (χ0) is 20.8. The van der Waals surface area contributed by atoms with Crippen LogP contribution in [0.1, 0.15) is 23.1 Å². The zero-order valence-electron chi connectivity index (χ0n) is 16.9. The van der Waals surface area contributed by atoms with E-state index in [1.807, 2.05) is 48.7 Å². The lowest BCUT2D eigenvalue weighted by Gasteiger charge is -2.04. The lowest BCUT2D eigenvalue weighted by Crippen LogP contribution is -1.93. The van der Waals surface area contributed by atoms with Crippen LogP contribution >= 0.6 is 0 Å². The number of benzene rings is 3. The van der Waals surface area contributed by atoms with Crippen molar-refractivity contribution in [2.45, 2.75) is 12.8 Å². The van der Waals surface area contributed by atoms with Crippen LogP contribution in [0, 0.1) is 17.7 Å². The number of pyridine rings is 1. The van der Waals surface area contributed by atoms with Gasteiger partial charge in [0.1, 0.15) is 5.82 Å². The van der Waals surface area contributed by atoms with Crippen LogP contribution in [0.5, 0.6) is 0 Å². The number of rotatable bonds is 5. The summed E-state index contributed by atoms with van der Waals surface area (Å²) >= 11 is 0. The van der Waals surface area contributed by atoms with Gasteiger partial charge >= 0.3 is 0 Å². The van der Waals surface area contributed by atoms with Crippen LogP contribution in [0.25, 0.3) is 22.0 Å². The summed E-state index contributed by atoms with van der Waals surface area (Å²) in [4.78, 5) is 4.58. The second kappa shape index (κ2) is 9.35. The maximum absolute atomic E-state index is 13.3. The summed E-state index contributed by atoms with van der Waals surface area (Å²) in [6.45, 7) is 0.766. The second-order valence-corrected chi connectivity index (χ2v) is 7.18. The molecule has 0 fully saturated rings. The van der Waals surface area contributed by atoms with E-state index in [1.54, 1.807) is 13.2 Å². The van der Waals surface area contributed by atoms with Crippen LogP contribution in [-0.2, 0) is 11.2 Å². The van der Waals surface area contributed by atoms with E-state index in [9.17, 15) is 4.39 Å². The van der Waals surface area contributed by atoms with Crippen molar-refractivity contribution in [1.29, 1.82) is 0 Å². The molecule has 0 atom stereocenters. The molecule has 0 amide bonds. The number of aromatic nitrogens is 1. The molecule has 4 rings (SSSR count). The molecule has 0 unspecified atom stereocenters. The van der Waals surface area contributed by atoms with E-state index in [2.05, 4.69) is 29.0 Å². The number of hydrogen-bond acceptors (Lipinski definition) is 2. The van der Waals surface area contributed by atoms with E-state index in [-0.39, 0.29) is 5.82 Å². The molecule has 1 aromatic heterocycles. The van der Waals surface area contributed by atoms with Gasteiger partial charge in [-0.1, -0.05) is 42.2 Å². The average molecular weight is 395 g/mol. The summed E-state index contributed by atoms with van der Waals surface area (Å²) in [5.74, 6) is 6.16. The van der Waals surface area contributed by atoms with Gasteiger partial charge in [-0.25, -0.2) is 4.39 Å². The molecule has 1 heterocycles. The molecule has 0 N–H and O–H groups in total. The molecule has 148 valence electrons. The molecular weight excluding hydrogens is 373 g/mol. The summed E-state index contributed by atoms with van der Waals surface area (Å²) in [7, 11) is 1.72. The molecule has 3 heteroatoms. The minimum atomic E-state index is -0.225. The minimum absolute atomic E-state index is 0.225. The Balaban J connectivity index is 1.46. The van der Waals surface area contributed by atoms with E-state index in [0.717, 1.165) is 52.6 Å². The van der Waals surface area contributed by atoms with Crippen LogP contribution < -0.4 is 0 Å². The fraction of sp³-hybridized carbons (Fsp3) is 0.148. The van der Waals surface area contributed by atoms with Gasteiger partial charge in [0.25, 0.3) is 0 Å². The molecule has 0 aliphatic carbocycles. The standard InChI is InChI=1S/C27H22FNO/c1-30-16-2-3-22-9-15-27(29-19-22)23-10-6-20(7-11-23)4-5-21-8-12-25-18-26(28)14-13-24(25)17-21/h6-15,17-19H,2-3,16H2,1H3. The Labute approximate surface area is 176 Å². The Morgan fingerprint density at radius 3 is 2.33 bits per heavy atom. The first kappa shape index (κ1) is 19.8. The van der Waals surface area contributed by atoms with E-state index in [1.165, 1.54) is 17.7 Å². The molecular formula is C27H22FNO. The highest BCUT2D eigenvalue weighted by Gasteiger charge is 2.01. The molecule has 0 saturated carbocycles. The Bertz CT molecular complexity index is 1200. The highest BCUT2D eigenvalue weighted by atomic mass is 19.1. The van der Waals surface area contributed by atoms with Crippen LogP contribution in [0.4, 0.5) is 4.39 Å². The van der Waals surface area contributed by atoms with Crippen molar-refractivity contribution in [2.24, 2.45) is 0 Å². The van der Waals surface area contributed by atoms with Gasteiger partial charge < -0.3 is 4.74 Å². The van der Waals surface area contributed by atoms with Gasteiger partial charge in [0.05, 0.1) is 5.69 Å². The molecule has 0 bridgehead atoms. The van der Waals surface area contributed by atoms with Gasteiger partial charge in [0.15, 0.2) is 0 Å². The number of ether oxygens (including phenoxy) is 1. The maximum atomic E-state index is 13.3. The number of fused-ring (bicyclic) bond motifs is 1. The highest BCUT2D eigenvalue weighted by Crippen LogP contribution is 2.19. The number of hydrogen-bond donors (Lipinski definition) is 0. The molecule has 0 aliphatic rings. The number of halogens is 1. The summed E-state index contributed by atoms with van der Waals surface area (Å²) in [6, 6.07) is 22.9. The first-order valence-electron chi connectivity index (χ1n) is 9.97. The first-order valence-corrected chi connectivity index (χ1v) is 9.97. The van der Waals surface area contributed by atoms with Gasteiger partial charge in [0, 0.05) is 36.6 Å². The normalized spacial score (nSPS) is 10.6. The SMILES string of the molecule is COCCCc1ccc(-c2ccc(C#Cc3ccc4cc(F)ccc4c3)cc2)nc1. The van der Waals surface area contributed by atoms with Gasteiger partial charge in [-0.2, -0.15) is 0 Å². The fourth-order valence-electron chi connectivity index (χ4n) is 3.33. The third kappa shape index (κ3) is 4.92. The Morgan fingerprint density at radius 1 is 0.833 bits per heavy atom. The van der Waals surface area contributed by atoms with E-state index < -0.39 is 0 Å². The molecule has 30 heavy (non-hydrogen) atoms. The third-order valence-corrected chi connectivity index (χ3v) is 4.97. The van der Waals surface area contributed by atoms with Crippen LogP contribution in [0.15, 0.2) is 79.0 Å². The molecule has 0 aliphatic heterocycles. The summed E-state index contributed by atoms with van der Waals surface area (Å²) in [5.41, 5.74) is 5.08. The lowest BCUT2D eigenvalue weighted by molar-refractivity contribution is 0.195. The van der Waals surface area contributed by atoms with Crippen molar-refractivity contribution in [3.05, 3.63) is 102 Å². The van der Waals surface area contributed by atoms with Crippen LogP contribution in [-0.4, -0.2) is 18.7 Å². The minimum Gasteiger partial charge on any atom is -0.385 e. The van der Waals surface area contributed by atoms with Crippen molar-refractivity contribution in [3.63, 3.8) is 0 Å². The van der Waals surface area contributed by atoms with Gasteiger partial charge in [-0.3, -0.25) is 4.98 Å². The zero-order valence-corrected chi connectivity index (χ0v) is 16.9. The molecule has 0 saturated heterocycles. The predicted molar refractivity (Wildman–Crippen MR) is 120 cm³/mol. The van der Waals surface area contributed by atoms with Gasteiger partial charge in [-0.05, 0) is 71.6 Å². The summed E-state index contributed by atoms with van der Waals surface area (Å²) in [5, 5.41) is 1.86. The van der Waals surface area contributed by atoms with Crippen molar-refractivity contribution in [2.75, 3.05) is 13.7 Å². The second-order valence-electron chi connectivity index (χ2n) is 7.18. The van der Waals surface area contributed by atoms with E-state index in [0.29, 0.717) is 0 Å². The maximum Gasteiger partial charge on any atom is 0.123 e. The van der Waals surface area contributed by atoms with Crippen LogP contribution in [0.3, 0.4) is 0 Å². The third-order valence-electron chi connectivity index (χ3n) is 4.97. The Hall–Kier alpha value is -3.48. The molecule has 0 spiro atoms. The monoisotopic (exact) mass is 395 g/mol. The smallest absolute Gasteiger partial charge is 0.123 e. The number of aryl methyl sites for hydroxylation is 1. The van der Waals surface area contributed by atoms with Crippen LogP contribution in [0.2, 0.25) is 0 Å². The molecule has 4 aromatic rings. The van der Waals surface area contributed by atoms with E-state index >= 15 is 0 Å². The average Bonchev–Trinajstić information content (AvgIpc) is 2.79. The Kier molecular flexibility index (Phi) is 6.17. The quantitative estimate of drug-likeness (QED) is 0.304. The number of methoxy groups -OCH3 is 1. The number of nitrogens with zero attached hydrogens (tertiary/aromatic N) is 1. The lowest BCUT2D eigenvalue weighted by atomic mass is 10.1. The molecule has 2 nitrogen and oxygen atoms in total. The van der Waals surface area contributed by atoms with Gasteiger partial charge in [-0.15, -0.1) is 0 Å². The highest BCUT2D eigenvalue weighted by molar-refractivity contribution is 5.84. The largest absolute Gasteiger partial charge is 0.385 e. The topological polar surface area (TPSA) is 22.1 Å². The fourth-order valence-corrected chi connectivity index (χ4v) is 3.33. The Morgan fingerprint density at radius 2 is 1.57 bits per heavy atom. The summed E-state index contributed by atoms with van der Waals surface area (Å²) in [6.07, 6.45) is 3.91. The van der Waals surface area contributed by atoms with Gasteiger partial charge in [0.2, 0.25) is 0 Å². The van der Waals surface area contributed by atoms with Crippen molar-refractivity contribution in [1.82, 2.24) is 4.98 Å². The first-order chi connectivity index (χ1) is 14.7. The van der Waals surface area contributed by atoms with E-state index in [4.69, 9.17) is 4.74 Å².